The number of ether oxygens (including phenoxy) is 1. The minimum absolute atomic E-state index is 0.0150. The summed E-state index contributed by atoms with van der Waals surface area (Å²) in [5, 5.41) is 0.965. The molecule has 0 saturated heterocycles. The Morgan fingerprint density at radius 1 is 1.50 bits per heavy atom. The van der Waals surface area contributed by atoms with E-state index in [1.807, 2.05) is 0 Å². The Bertz CT molecular complexity index is 267. The van der Waals surface area contributed by atoms with Gasteiger partial charge in [-0.05, 0) is 31.6 Å². The van der Waals surface area contributed by atoms with Crippen LogP contribution in [-0.4, -0.2) is 24.3 Å². The average molecular weight is 289 g/mol. The zero-order valence-corrected chi connectivity index (χ0v) is 11.6. The van der Waals surface area contributed by atoms with Crippen LogP contribution in [0.2, 0.25) is 0 Å². The number of carbonyl (C=O) groups is 1. The van der Waals surface area contributed by atoms with Crippen LogP contribution >= 0.6 is 15.9 Å². The maximum Gasteiger partial charge on any atom is 0.139 e. The van der Waals surface area contributed by atoms with Crippen LogP contribution in [0, 0.1) is 11.3 Å². The van der Waals surface area contributed by atoms with Crippen LogP contribution in [0.25, 0.3) is 0 Å². The number of hydrogen-bond acceptors (Lipinski definition) is 2. The summed E-state index contributed by atoms with van der Waals surface area (Å²) in [4.78, 5) is 12.0. The van der Waals surface area contributed by atoms with Crippen molar-refractivity contribution in [2.45, 2.75) is 51.0 Å². The molecule has 3 atom stereocenters. The SMILES string of the molecule is CO[C@H](CCBr)[C@H]1CCCC[C@@]12CCC2=O. The van der Waals surface area contributed by atoms with Gasteiger partial charge in [0.05, 0.1) is 6.10 Å². The van der Waals surface area contributed by atoms with E-state index in [-0.39, 0.29) is 11.5 Å². The summed E-state index contributed by atoms with van der Waals surface area (Å²) in [6.07, 6.45) is 7.99. The molecule has 2 fully saturated rings. The van der Waals surface area contributed by atoms with Crippen molar-refractivity contribution in [2.24, 2.45) is 11.3 Å². The van der Waals surface area contributed by atoms with E-state index in [0.29, 0.717) is 11.7 Å². The number of alkyl halides is 1. The van der Waals surface area contributed by atoms with Crippen molar-refractivity contribution < 1.29 is 9.53 Å². The van der Waals surface area contributed by atoms with Crippen molar-refractivity contribution in [3.05, 3.63) is 0 Å². The first-order valence-electron chi connectivity index (χ1n) is 6.36. The highest BCUT2D eigenvalue weighted by atomic mass is 79.9. The van der Waals surface area contributed by atoms with Gasteiger partial charge in [-0.1, -0.05) is 28.8 Å². The normalized spacial score (nSPS) is 36.1. The largest absolute Gasteiger partial charge is 0.381 e. The third-order valence-corrected chi connectivity index (χ3v) is 5.05. The molecule has 0 aromatic carbocycles. The van der Waals surface area contributed by atoms with Gasteiger partial charge in [-0.3, -0.25) is 4.79 Å². The van der Waals surface area contributed by atoms with Gasteiger partial charge in [-0.2, -0.15) is 0 Å². The zero-order chi connectivity index (χ0) is 11.6. The smallest absolute Gasteiger partial charge is 0.139 e. The molecule has 1 spiro atoms. The Morgan fingerprint density at radius 3 is 2.81 bits per heavy atom. The van der Waals surface area contributed by atoms with E-state index in [9.17, 15) is 4.79 Å². The second kappa shape index (κ2) is 5.18. The van der Waals surface area contributed by atoms with Crippen LogP contribution in [0.5, 0.6) is 0 Å². The number of rotatable bonds is 4. The molecule has 0 bridgehead atoms. The summed E-state index contributed by atoms with van der Waals surface area (Å²) in [7, 11) is 1.79. The standard InChI is InChI=1S/C13H21BrO2/c1-16-11(6-9-14)10-4-2-3-7-13(10)8-5-12(13)15/h10-11H,2-9H2,1H3/t10-,11-,13-/m1/s1. The lowest BCUT2D eigenvalue weighted by atomic mass is 9.53. The maximum absolute atomic E-state index is 12.0. The van der Waals surface area contributed by atoms with Crippen molar-refractivity contribution in [3.63, 3.8) is 0 Å². The van der Waals surface area contributed by atoms with E-state index < -0.39 is 0 Å². The molecule has 0 heterocycles. The highest BCUT2D eigenvalue weighted by Gasteiger charge is 2.54. The van der Waals surface area contributed by atoms with Crippen molar-refractivity contribution >= 4 is 21.7 Å². The predicted molar refractivity (Wildman–Crippen MR) is 67.8 cm³/mol. The number of ketones is 1. The average Bonchev–Trinajstić information content (AvgIpc) is 2.34. The fraction of sp³-hybridized carbons (Fsp3) is 0.923. The Kier molecular flexibility index (Phi) is 4.06. The summed E-state index contributed by atoms with van der Waals surface area (Å²) in [5.41, 5.74) is 0.0150. The van der Waals surface area contributed by atoms with Gasteiger partial charge in [0.15, 0.2) is 0 Å². The van der Waals surface area contributed by atoms with E-state index in [1.54, 1.807) is 7.11 Å². The monoisotopic (exact) mass is 288 g/mol. The van der Waals surface area contributed by atoms with Gasteiger partial charge in [0, 0.05) is 24.3 Å². The van der Waals surface area contributed by atoms with Crippen LogP contribution in [-0.2, 0) is 9.53 Å². The van der Waals surface area contributed by atoms with Gasteiger partial charge in [0.1, 0.15) is 5.78 Å². The molecule has 0 radical (unpaired) electrons. The topological polar surface area (TPSA) is 26.3 Å². The first-order valence-corrected chi connectivity index (χ1v) is 7.49. The zero-order valence-electron chi connectivity index (χ0n) is 10.0. The van der Waals surface area contributed by atoms with E-state index in [1.165, 1.54) is 19.3 Å². The van der Waals surface area contributed by atoms with E-state index in [2.05, 4.69) is 15.9 Å². The molecule has 16 heavy (non-hydrogen) atoms. The van der Waals surface area contributed by atoms with Crippen molar-refractivity contribution in [1.82, 2.24) is 0 Å². The van der Waals surface area contributed by atoms with Crippen LogP contribution < -0.4 is 0 Å². The third kappa shape index (κ3) is 1.97. The molecule has 2 aliphatic rings. The Morgan fingerprint density at radius 2 is 2.31 bits per heavy atom. The lowest BCUT2D eigenvalue weighted by molar-refractivity contribution is -0.153. The lowest BCUT2D eigenvalue weighted by Crippen LogP contribution is -2.52. The fourth-order valence-corrected chi connectivity index (χ4v) is 4.05. The second-order valence-corrected chi connectivity index (χ2v) is 5.98. The Labute approximate surface area is 106 Å². The van der Waals surface area contributed by atoms with Crippen LogP contribution in [0.1, 0.15) is 44.9 Å². The highest BCUT2D eigenvalue weighted by molar-refractivity contribution is 9.09. The molecular weight excluding hydrogens is 268 g/mol. The molecule has 0 aromatic heterocycles. The molecule has 0 unspecified atom stereocenters. The van der Waals surface area contributed by atoms with E-state index in [4.69, 9.17) is 4.74 Å². The summed E-state index contributed by atoms with van der Waals surface area (Å²) in [5.74, 6) is 0.985. The van der Waals surface area contributed by atoms with Gasteiger partial charge < -0.3 is 4.74 Å². The summed E-state index contributed by atoms with van der Waals surface area (Å²) in [6, 6.07) is 0. The number of hydrogen-bond donors (Lipinski definition) is 0. The summed E-state index contributed by atoms with van der Waals surface area (Å²) >= 11 is 3.49. The quantitative estimate of drug-likeness (QED) is 0.742. The first-order chi connectivity index (χ1) is 7.74. The van der Waals surface area contributed by atoms with Gasteiger partial charge in [-0.15, -0.1) is 0 Å². The molecule has 92 valence electrons. The highest BCUT2D eigenvalue weighted by Crippen LogP contribution is 2.54. The predicted octanol–water partition coefficient (Wildman–Crippen LogP) is 3.33. The molecule has 3 heteroatoms. The van der Waals surface area contributed by atoms with Crippen LogP contribution in [0.4, 0.5) is 0 Å². The summed E-state index contributed by atoms with van der Waals surface area (Å²) < 4.78 is 5.63. The van der Waals surface area contributed by atoms with Crippen molar-refractivity contribution in [3.8, 4) is 0 Å². The van der Waals surface area contributed by atoms with Gasteiger partial charge >= 0.3 is 0 Å². The molecule has 2 rings (SSSR count). The van der Waals surface area contributed by atoms with E-state index >= 15 is 0 Å². The van der Waals surface area contributed by atoms with Gasteiger partial charge in [-0.25, -0.2) is 0 Å². The fourth-order valence-electron chi connectivity index (χ4n) is 3.60. The number of Topliss-reactive ketones (excluding diaryl/α,β-unsaturated/α-hetero) is 1. The Hall–Kier alpha value is 0.110. The van der Waals surface area contributed by atoms with Crippen molar-refractivity contribution in [2.75, 3.05) is 12.4 Å². The molecule has 2 nitrogen and oxygen atoms in total. The number of halogens is 1. The number of carbonyl (C=O) groups excluding carboxylic acids is 1. The lowest BCUT2D eigenvalue weighted by Gasteiger charge is -2.51. The second-order valence-electron chi connectivity index (χ2n) is 5.18. The van der Waals surface area contributed by atoms with E-state index in [0.717, 1.165) is 31.0 Å². The first kappa shape index (κ1) is 12.6. The van der Waals surface area contributed by atoms with Crippen LogP contribution in [0.15, 0.2) is 0 Å². The maximum atomic E-state index is 12.0. The minimum atomic E-state index is 0.0150. The molecule has 0 amide bonds. The number of methoxy groups -OCH3 is 1. The minimum Gasteiger partial charge on any atom is -0.381 e. The summed E-state index contributed by atoms with van der Waals surface area (Å²) in [6.45, 7) is 0. The van der Waals surface area contributed by atoms with Crippen molar-refractivity contribution in [1.29, 1.82) is 0 Å². The molecule has 0 aromatic rings. The molecule has 0 N–H and O–H groups in total. The molecular formula is C13H21BrO2. The molecule has 2 aliphatic carbocycles. The molecule has 0 aliphatic heterocycles. The third-order valence-electron chi connectivity index (χ3n) is 4.60. The van der Waals surface area contributed by atoms with Gasteiger partial charge in [0.2, 0.25) is 0 Å². The van der Waals surface area contributed by atoms with Crippen LogP contribution in [0.3, 0.4) is 0 Å². The van der Waals surface area contributed by atoms with Gasteiger partial charge in [0.25, 0.3) is 0 Å². The Balaban J connectivity index is 2.12. The molecule has 2 saturated carbocycles.